The van der Waals surface area contributed by atoms with Crippen molar-refractivity contribution in [2.75, 3.05) is 23.9 Å². The van der Waals surface area contributed by atoms with Gasteiger partial charge in [-0.15, -0.1) is 0 Å². The van der Waals surface area contributed by atoms with Crippen LogP contribution in [0.1, 0.15) is 25.8 Å². The zero-order valence-electron chi connectivity index (χ0n) is 18.6. The van der Waals surface area contributed by atoms with Crippen LogP contribution in [0.5, 0.6) is 5.75 Å². The first kappa shape index (κ1) is 23.7. The van der Waals surface area contributed by atoms with Gasteiger partial charge in [-0.1, -0.05) is 25.1 Å². The smallest absolute Gasteiger partial charge is 0.312 e. The zero-order valence-corrected chi connectivity index (χ0v) is 18.6. The van der Waals surface area contributed by atoms with E-state index in [0.717, 1.165) is 23.7 Å². The lowest BCUT2D eigenvalue weighted by Crippen LogP contribution is -2.33. The van der Waals surface area contributed by atoms with Crippen molar-refractivity contribution in [3.8, 4) is 5.75 Å². The molecule has 0 bridgehead atoms. The predicted octanol–water partition coefficient (Wildman–Crippen LogP) is 3.09. The number of para-hydroxylation sites is 1. The topological polar surface area (TPSA) is 128 Å². The molecule has 10 nitrogen and oxygen atoms in total. The molecule has 2 unspecified atom stereocenters. The number of nitro groups is 1. The van der Waals surface area contributed by atoms with Crippen molar-refractivity contribution < 1.29 is 28.8 Å². The molecule has 3 rings (SSSR count). The maximum Gasteiger partial charge on any atom is 0.312 e. The second-order valence-electron chi connectivity index (χ2n) is 7.60. The van der Waals surface area contributed by atoms with Gasteiger partial charge in [0, 0.05) is 30.8 Å². The lowest BCUT2D eigenvalue weighted by Gasteiger charge is -2.20. The van der Waals surface area contributed by atoms with Crippen LogP contribution in [0.25, 0.3) is 0 Å². The molecule has 1 heterocycles. The highest BCUT2D eigenvalue weighted by molar-refractivity contribution is 6.01. The molecule has 0 aliphatic carbocycles. The van der Waals surface area contributed by atoms with Gasteiger partial charge in [-0.2, -0.15) is 0 Å². The standard InChI is InChI=1S/C23H25N3O7/c1-4-15-7-5-6-8-19(15)25-13-16(11-21(25)27)23(29)33-14(2)22(28)24-18-12-17(26(30)31)9-10-20(18)32-3/h5-10,12,14,16H,4,11,13H2,1-3H3,(H,24,28). The van der Waals surface area contributed by atoms with Crippen LogP contribution < -0.4 is 15.0 Å². The molecule has 1 aliphatic rings. The number of carbonyl (C=O) groups excluding carboxylic acids is 3. The van der Waals surface area contributed by atoms with Crippen molar-refractivity contribution in [1.82, 2.24) is 0 Å². The van der Waals surface area contributed by atoms with E-state index in [1.165, 1.54) is 26.2 Å². The molecule has 2 amide bonds. The summed E-state index contributed by atoms with van der Waals surface area (Å²) >= 11 is 0. The van der Waals surface area contributed by atoms with Crippen molar-refractivity contribution in [3.05, 3.63) is 58.1 Å². The molecule has 0 saturated carbocycles. The van der Waals surface area contributed by atoms with Crippen LogP contribution in [0.15, 0.2) is 42.5 Å². The number of hydrogen-bond donors (Lipinski definition) is 1. The molecule has 0 spiro atoms. The molecule has 0 aromatic heterocycles. The summed E-state index contributed by atoms with van der Waals surface area (Å²) in [7, 11) is 1.36. The monoisotopic (exact) mass is 455 g/mol. The van der Waals surface area contributed by atoms with E-state index >= 15 is 0 Å². The van der Waals surface area contributed by atoms with Gasteiger partial charge in [-0.3, -0.25) is 24.5 Å². The SMILES string of the molecule is CCc1ccccc1N1CC(C(=O)OC(C)C(=O)Nc2cc([N+](=O)[O-])ccc2OC)CC1=O. The van der Waals surface area contributed by atoms with Crippen LogP contribution in [0.3, 0.4) is 0 Å². The van der Waals surface area contributed by atoms with E-state index in [4.69, 9.17) is 9.47 Å². The number of rotatable bonds is 8. The molecule has 10 heteroatoms. The van der Waals surface area contributed by atoms with Gasteiger partial charge in [0.05, 0.1) is 23.6 Å². The molecule has 1 fully saturated rings. The van der Waals surface area contributed by atoms with E-state index in [2.05, 4.69) is 5.32 Å². The summed E-state index contributed by atoms with van der Waals surface area (Å²) in [6.07, 6.45) is -0.453. The summed E-state index contributed by atoms with van der Waals surface area (Å²) in [6, 6.07) is 11.3. The van der Waals surface area contributed by atoms with Crippen LogP contribution >= 0.6 is 0 Å². The molecule has 33 heavy (non-hydrogen) atoms. The normalized spacial score (nSPS) is 16.3. The second kappa shape index (κ2) is 10.1. The number of hydrogen-bond acceptors (Lipinski definition) is 7. The number of ether oxygens (including phenoxy) is 2. The van der Waals surface area contributed by atoms with Gasteiger partial charge >= 0.3 is 5.97 Å². The lowest BCUT2D eigenvalue weighted by molar-refractivity contribution is -0.384. The Kier molecular flexibility index (Phi) is 7.27. The van der Waals surface area contributed by atoms with Crippen LogP contribution in [0.4, 0.5) is 17.1 Å². The third-order valence-electron chi connectivity index (χ3n) is 5.44. The number of amides is 2. The Morgan fingerprint density at radius 3 is 2.67 bits per heavy atom. The molecule has 1 aliphatic heterocycles. The molecule has 2 atom stereocenters. The number of aryl methyl sites for hydroxylation is 1. The highest BCUT2D eigenvalue weighted by Crippen LogP contribution is 2.30. The predicted molar refractivity (Wildman–Crippen MR) is 120 cm³/mol. The summed E-state index contributed by atoms with van der Waals surface area (Å²) in [6.45, 7) is 3.54. The molecule has 174 valence electrons. The Morgan fingerprint density at radius 2 is 2.00 bits per heavy atom. The van der Waals surface area contributed by atoms with Crippen LogP contribution in [0, 0.1) is 16.0 Å². The second-order valence-corrected chi connectivity index (χ2v) is 7.60. The van der Waals surface area contributed by atoms with E-state index in [0.29, 0.717) is 0 Å². The van der Waals surface area contributed by atoms with Gasteiger partial charge in [0.25, 0.3) is 11.6 Å². The Morgan fingerprint density at radius 1 is 1.27 bits per heavy atom. The fourth-order valence-corrected chi connectivity index (χ4v) is 3.64. The van der Waals surface area contributed by atoms with E-state index in [9.17, 15) is 24.5 Å². The Balaban J connectivity index is 1.65. The number of methoxy groups -OCH3 is 1. The third kappa shape index (κ3) is 5.28. The van der Waals surface area contributed by atoms with Crippen LogP contribution in [0.2, 0.25) is 0 Å². The van der Waals surface area contributed by atoms with Crippen molar-refractivity contribution in [2.45, 2.75) is 32.8 Å². The minimum absolute atomic E-state index is 0.01000. The largest absolute Gasteiger partial charge is 0.495 e. The third-order valence-corrected chi connectivity index (χ3v) is 5.44. The quantitative estimate of drug-likeness (QED) is 0.368. The van der Waals surface area contributed by atoms with Gasteiger partial charge in [0.1, 0.15) is 5.75 Å². The van der Waals surface area contributed by atoms with E-state index in [1.54, 1.807) is 4.90 Å². The van der Waals surface area contributed by atoms with E-state index in [-0.39, 0.29) is 36.0 Å². The molecule has 2 aromatic carbocycles. The number of anilines is 2. The van der Waals surface area contributed by atoms with Crippen LogP contribution in [-0.2, 0) is 25.5 Å². The number of carbonyl (C=O) groups is 3. The van der Waals surface area contributed by atoms with Gasteiger partial charge in [-0.05, 0) is 31.0 Å². The van der Waals surface area contributed by atoms with E-state index in [1.807, 2.05) is 31.2 Å². The average molecular weight is 455 g/mol. The number of nitrogens with zero attached hydrogens (tertiary/aromatic N) is 2. The Bertz CT molecular complexity index is 1090. The molecule has 1 saturated heterocycles. The number of benzene rings is 2. The summed E-state index contributed by atoms with van der Waals surface area (Å²) in [4.78, 5) is 49.7. The number of esters is 1. The molecule has 2 aromatic rings. The molecule has 0 radical (unpaired) electrons. The first-order valence-electron chi connectivity index (χ1n) is 10.5. The van der Waals surface area contributed by atoms with Crippen molar-refractivity contribution in [3.63, 3.8) is 0 Å². The van der Waals surface area contributed by atoms with Crippen molar-refractivity contribution in [2.24, 2.45) is 5.92 Å². The van der Waals surface area contributed by atoms with Crippen LogP contribution in [-0.4, -0.2) is 42.5 Å². The van der Waals surface area contributed by atoms with Gasteiger partial charge in [0.15, 0.2) is 6.10 Å². The first-order chi connectivity index (χ1) is 15.7. The molecular formula is C23H25N3O7. The summed E-state index contributed by atoms with van der Waals surface area (Å²) < 4.78 is 10.4. The minimum atomic E-state index is -1.19. The minimum Gasteiger partial charge on any atom is -0.495 e. The molecule has 1 N–H and O–H groups in total. The summed E-state index contributed by atoms with van der Waals surface area (Å²) in [5.41, 5.74) is 1.62. The summed E-state index contributed by atoms with van der Waals surface area (Å²) in [5.74, 6) is -2.01. The fraction of sp³-hybridized carbons (Fsp3) is 0.348. The molecular weight excluding hydrogens is 430 g/mol. The van der Waals surface area contributed by atoms with Gasteiger partial charge in [0.2, 0.25) is 5.91 Å². The lowest BCUT2D eigenvalue weighted by atomic mass is 10.1. The highest BCUT2D eigenvalue weighted by atomic mass is 16.6. The van der Waals surface area contributed by atoms with Crippen molar-refractivity contribution >= 4 is 34.8 Å². The van der Waals surface area contributed by atoms with Gasteiger partial charge < -0.3 is 19.7 Å². The van der Waals surface area contributed by atoms with Crippen molar-refractivity contribution in [1.29, 1.82) is 0 Å². The maximum absolute atomic E-state index is 12.7. The summed E-state index contributed by atoms with van der Waals surface area (Å²) in [5, 5.41) is 13.5. The number of nitro benzene ring substituents is 1. The number of non-ortho nitro benzene ring substituents is 1. The fourth-order valence-electron chi connectivity index (χ4n) is 3.64. The first-order valence-corrected chi connectivity index (χ1v) is 10.5. The van der Waals surface area contributed by atoms with Gasteiger partial charge in [-0.25, -0.2) is 0 Å². The Labute approximate surface area is 190 Å². The maximum atomic E-state index is 12.7. The number of nitrogens with one attached hydrogen (secondary N) is 1. The van der Waals surface area contributed by atoms with E-state index < -0.39 is 28.8 Å². The average Bonchev–Trinajstić information content (AvgIpc) is 3.20. The highest BCUT2D eigenvalue weighted by Gasteiger charge is 2.38. The Hall–Kier alpha value is -3.95. The zero-order chi connectivity index (χ0) is 24.1.